The van der Waals surface area contributed by atoms with Crippen molar-refractivity contribution in [1.82, 2.24) is 4.98 Å². The van der Waals surface area contributed by atoms with Crippen LogP contribution in [0, 0.1) is 6.92 Å². The van der Waals surface area contributed by atoms with Gasteiger partial charge in [0.2, 0.25) is 5.88 Å². The molecular weight excluding hydrogens is 278 g/mol. The second-order valence-corrected chi connectivity index (χ2v) is 5.07. The van der Waals surface area contributed by atoms with Crippen LogP contribution in [-0.2, 0) is 13.0 Å². The maximum Gasteiger partial charge on any atom is 0.225 e. The van der Waals surface area contributed by atoms with E-state index in [-0.39, 0.29) is 17.2 Å². The van der Waals surface area contributed by atoms with Gasteiger partial charge in [-0.25, -0.2) is 4.98 Å². The zero-order valence-corrected chi connectivity index (χ0v) is 13.1. The number of Topliss-reactive ketones (excluding diaryl/α,β-unsaturated/α-hetero) is 1. The van der Waals surface area contributed by atoms with Crippen molar-refractivity contribution in [1.29, 1.82) is 0 Å². The summed E-state index contributed by atoms with van der Waals surface area (Å²) in [5.41, 5.74) is 3.16. The maximum atomic E-state index is 12.0. The first kappa shape index (κ1) is 15.9. The number of hydrogen-bond donors (Lipinski definition) is 0. The fourth-order valence-electron chi connectivity index (χ4n) is 2.48. The van der Waals surface area contributed by atoms with Crippen molar-refractivity contribution >= 4 is 12.1 Å². The highest BCUT2D eigenvalue weighted by Gasteiger charge is 2.21. The molecule has 22 heavy (non-hydrogen) atoms. The van der Waals surface area contributed by atoms with Crippen molar-refractivity contribution in [3.8, 4) is 5.88 Å². The standard InChI is InChI=1S/C18H19NO3/c1-4-15-12(2)19-18(17(13(3)21)16(15)10-20)22-11-14-8-6-5-7-9-14/h5-10H,4,11H2,1-3H3. The molecule has 0 fully saturated rings. The van der Waals surface area contributed by atoms with Crippen LogP contribution in [0.5, 0.6) is 5.88 Å². The van der Waals surface area contributed by atoms with Crippen molar-refractivity contribution in [2.24, 2.45) is 0 Å². The van der Waals surface area contributed by atoms with Crippen LogP contribution in [0.3, 0.4) is 0 Å². The topological polar surface area (TPSA) is 56.3 Å². The molecule has 0 saturated carbocycles. The third-order valence-electron chi connectivity index (χ3n) is 3.56. The Labute approximate surface area is 130 Å². The maximum absolute atomic E-state index is 12.0. The average molecular weight is 297 g/mol. The molecule has 0 amide bonds. The number of aryl methyl sites for hydroxylation is 1. The Morgan fingerprint density at radius 1 is 1.27 bits per heavy atom. The first-order valence-electron chi connectivity index (χ1n) is 7.24. The number of nitrogens with zero attached hydrogens (tertiary/aromatic N) is 1. The van der Waals surface area contributed by atoms with Gasteiger partial charge in [0.15, 0.2) is 12.1 Å². The van der Waals surface area contributed by atoms with Gasteiger partial charge in [-0.1, -0.05) is 37.3 Å². The highest BCUT2D eigenvalue weighted by atomic mass is 16.5. The van der Waals surface area contributed by atoms with Crippen LogP contribution < -0.4 is 4.74 Å². The van der Waals surface area contributed by atoms with Crippen molar-refractivity contribution in [2.75, 3.05) is 0 Å². The number of rotatable bonds is 6. The van der Waals surface area contributed by atoms with Gasteiger partial charge in [0, 0.05) is 11.3 Å². The zero-order chi connectivity index (χ0) is 16.1. The molecule has 0 spiro atoms. The summed E-state index contributed by atoms with van der Waals surface area (Å²) in [4.78, 5) is 27.8. The molecular formula is C18H19NO3. The lowest BCUT2D eigenvalue weighted by atomic mass is 9.98. The number of ketones is 1. The van der Waals surface area contributed by atoms with E-state index in [9.17, 15) is 9.59 Å². The highest BCUT2D eigenvalue weighted by molar-refractivity contribution is 6.04. The van der Waals surface area contributed by atoms with Crippen molar-refractivity contribution < 1.29 is 14.3 Å². The fourth-order valence-corrected chi connectivity index (χ4v) is 2.48. The Morgan fingerprint density at radius 3 is 2.50 bits per heavy atom. The molecule has 2 aromatic rings. The summed E-state index contributed by atoms with van der Waals surface area (Å²) < 4.78 is 5.72. The normalized spacial score (nSPS) is 10.3. The smallest absolute Gasteiger partial charge is 0.225 e. The fraction of sp³-hybridized carbons (Fsp3) is 0.278. The predicted molar refractivity (Wildman–Crippen MR) is 84.5 cm³/mol. The molecule has 4 nitrogen and oxygen atoms in total. The average Bonchev–Trinajstić information content (AvgIpc) is 2.52. The Hall–Kier alpha value is -2.49. The zero-order valence-electron chi connectivity index (χ0n) is 13.1. The Bertz CT molecular complexity index is 693. The molecule has 0 aliphatic carbocycles. The van der Waals surface area contributed by atoms with E-state index in [2.05, 4.69) is 4.98 Å². The molecule has 0 N–H and O–H groups in total. The minimum Gasteiger partial charge on any atom is -0.472 e. The largest absolute Gasteiger partial charge is 0.472 e. The predicted octanol–water partition coefficient (Wildman–Crippen LogP) is 3.55. The molecule has 0 aliphatic rings. The number of aromatic nitrogens is 1. The van der Waals surface area contributed by atoms with E-state index in [1.165, 1.54) is 6.92 Å². The first-order valence-corrected chi connectivity index (χ1v) is 7.24. The number of carbonyl (C=O) groups excluding carboxylic acids is 2. The minimum atomic E-state index is -0.215. The van der Waals surface area contributed by atoms with E-state index in [4.69, 9.17) is 4.74 Å². The minimum absolute atomic E-state index is 0.215. The summed E-state index contributed by atoms with van der Waals surface area (Å²) in [5.74, 6) is 0.0144. The van der Waals surface area contributed by atoms with Crippen LogP contribution in [-0.4, -0.2) is 17.1 Å². The first-order chi connectivity index (χ1) is 10.6. The van der Waals surface area contributed by atoms with Crippen LogP contribution in [0.2, 0.25) is 0 Å². The molecule has 0 atom stereocenters. The Balaban J connectivity index is 2.44. The van der Waals surface area contributed by atoms with Gasteiger partial charge in [-0.3, -0.25) is 9.59 Å². The molecule has 1 aromatic carbocycles. The molecule has 1 heterocycles. The number of pyridine rings is 1. The Morgan fingerprint density at radius 2 is 1.95 bits per heavy atom. The Kier molecular flexibility index (Phi) is 5.04. The van der Waals surface area contributed by atoms with Gasteiger partial charge in [0.25, 0.3) is 0 Å². The third-order valence-corrected chi connectivity index (χ3v) is 3.56. The van der Waals surface area contributed by atoms with Crippen LogP contribution in [0.15, 0.2) is 30.3 Å². The molecule has 0 aliphatic heterocycles. The third kappa shape index (κ3) is 3.22. The number of carbonyl (C=O) groups is 2. The van der Waals surface area contributed by atoms with E-state index < -0.39 is 0 Å². The lowest BCUT2D eigenvalue weighted by Gasteiger charge is -2.15. The van der Waals surface area contributed by atoms with E-state index in [0.717, 1.165) is 23.1 Å². The SMILES string of the molecule is CCc1c(C)nc(OCc2ccccc2)c(C(C)=O)c1C=O. The van der Waals surface area contributed by atoms with Gasteiger partial charge in [-0.2, -0.15) is 0 Å². The summed E-state index contributed by atoms with van der Waals surface area (Å²) in [6.45, 7) is 5.49. The summed E-state index contributed by atoms with van der Waals surface area (Å²) in [5, 5.41) is 0. The molecule has 114 valence electrons. The quantitative estimate of drug-likeness (QED) is 0.604. The van der Waals surface area contributed by atoms with Gasteiger partial charge in [-0.05, 0) is 31.4 Å². The summed E-state index contributed by atoms with van der Waals surface area (Å²) in [7, 11) is 0. The molecule has 2 rings (SSSR count). The van der Waals surface area contributed by atoms with E-state index >= 15 is 0 Å². The number of benzene rings is 1. The monoisotopic (exact) mass is 297 g/mol. The lowest BCUT2D eigenvalue weighted by Crippen LogP contribution is -2.12. The van der Waals surface area contributed by atoms with Gasteiger partial charge < -0.3 is 4.74 Å². The van der Waals surface area contributed by atoms with Crippen LogP contribution in [0.1, 0.15) is 51.4 Å². The van der Waals surface area contributed by atoms with Gasteiger partial charge in [0.05, 0.1) is 5.56 Å². The van der Waals surface area contributed by atoms with Crippen molar-refractivity contribution in [3.05, 3.63) is 58.3 Å². The number of aldehydes is 1. The molecule has 4 heteroatoms. The number of ether oxygens (including phenoxy) is 1. The summed E-state index contributed by atoms with van der Waals surface area (Å²) in [6, 6.07) is 9.62. The van der Waals surface area contributed by atoms with Gasteiger partial charge >= 0.3 is 0 Å². The summed E-state index contributed by atoms with van der Waals surface area (Å²) in [6.07, 6.45) is 1.37. The lowest BCUT2D eigenvalue weighted by molar-refractivity contribution is 0.0999. The van der Waals surface area contributed by atoms with Crippen LogP contribution in [0.25, 0.3) is 0 Å². The molecule has 0 saturated heterocycles. The number of hydrogen-bond acceptors (Lipinski definition) is 4. The van der Waals surface area contributed by atoms with Gasteiger partial charge in [-0.15, -0.1) is 0 Å². The second kappa shape index (κ2) is 6.98. The van der Waals surface area contributed by atoms with Crippen molar-refractivity contribution in [3.63, 3.8) is 0 Å². The molecule has 1 aromatic heterocycles. The van der Waals surface area contributed by atoms with Crippen LogP contribution in [0.4, 0.5) is 0 Å². The molecule has 0 radical (unpaired) electrons. The van der Waals surface area contributed by atoms with E-state index in [0.29, 0.717) is 18.6 Å². The molecule has 0 bridgehead atoms. The van der Waals surface area contributed by atoms with E-state index in [1.807, 2.05) is 44.2 Å². The highest BCUT2D eigenvalue weighted by Crippen LogP contribution is 2.26. The van der Waals surface area contributed by atoms with Crippen LogP contribution >= 0.6 is 0 Å². The summed E-state index contributed by atoms with van der Waals surface area (Å²) >= 11 is 0. The molecule has 0 unspecified atom stereocenters. The van der Waals surface area contributed by atoms with Crippen molar-refractivity contribution in [2.45, 2.75) is 33.8 Å². The van der Waals surface area contributed by atoms with E-state index in [1.54, 1.807) is 0 Å². The van der Waals surface area contributed by atoms with Gasteiger partial charge in [0.1, 0.15) is 6.61 Å². The second-order valence-electron chi connectivity index (χ2n) is 5.07.